The molecule has 0 saturated carbocycles. The van der Waals surface area contributed by atoms with E-state index >= 15 is 0 Å². The molecule has 29 heavy (non-hydrogen) atoms. The van der Waals surface area contributed by atoms with Crippen molar-refractivity contribution in [3.8, 4) is 11.8 Å². The number of halogens is 2. The number of aryl methyl sites for hydroxylation is 1. The molecule has 8 heteroatoms. The molecule has 1 unspecified atom stereocenters. The Morgan fingerprint density at radius 1 is 1.41 bits per heavy atom. The summed E-state index contributed by atoms with van der Waals surface area (Å²) >= 11 is 1.52. The van der Waals surface area contributed by atoms with E-state index in [9.17, 15) is 18.8 Å². The predicted octanol–water partition coefficient (Wildman–Crippen LogP) is 4.77. The molecule has 0 radical (unpaired) electrons. The van der Waals surface area contributed by atoms with Crippen molar-refractivity contribution in [1.29, 1.82) is 5.26 Å². The van der Waals surface area contributed by atoms with Gasteiger partial charge in [-0.25, -0.2) is 4.98 Å². The Kier molecular flexibility index (Phi) is 5.16. The van der Waals surface area contributed by atoms with Crippen LogP contribution in [-0.4, -0.2) is 16.6 Å². The Balaban J connectivity index is 1.71. The van der Waals surface area contributed by atoms with E-state index in [1.54, 1.807) is 18.2 Å². The first-order valence-corrected chi connectivity index (χ1v) is 9.98. The lowest BCUT2D eigenvalue weighted by Gasteiger charge is -2.17. The fourth-order valence-electron chi connectivity index (χ4n) is 3.54. The fraction of sp³-hybridized carbons (Fsp3) is 0.286. The van der Waals surface area contributed by atoms with Crippen LogP contribution in [0.5, 0.6) is 5.75 Å². The van der Waals surface area contributed by atoms with Gasteiger partial charge in [-0.05, 0) is 54.5 Å². The van der Waals surface area contributed by atoms with Gasteiger partial charge >= 0.3 is 6.61 Å². The van der Waals surface area contributed by atoms with Crippen molar-refractivity contribution in [2.24, 2.45) is 5.92 Å². The normalized spacial score (nSPS) is 16.7. The zero-order valence-corrected chi connectivity index (χ0v) is 16.4. The van der Waals surface area contributed by atoms with E-state index in [1.165, 1.54) is 28.3 Å². The van der Waals surface area contributed by atoms with Crippen molar-refractivity contribution in [2.45, 2.75) is 32.8 Å². The van der Waals surface area contributed by atoms with Gasteiger partial charge in [-0.3, -0.25) is 4.79 Å². The van der Waals surface area contributed by atoms with E-state index in [0.717, 1.165) is 24.8 Å². The highest BCUT2D eigenvalue weighted by molar-refractivity contribution is 7.18. The summed E-state index contributed by atoms with van der Waals surface area (Å²) in [6.07, 6.45) is 4.41. The predicted molar refractivity (Wildman–Crippen MR) is 108 cm³/mol. The van der Waals surface area contributed by atoms with E-state index in [4.69, 9.17) is 0 Å². The molecular weight excluding hydrogens is 396 g/mol. The Hall–Kier alpha value is -3.05. The molecule has 148 valence electrons. The molecule has 1 N–H and O–H groups in total. The van der Waals surface area contributed by atoms with Crippen LogP contribution in [0, 0.1) is 17.2 Å². The maximum absolute atomic E-state index is 12.7. The molecule has 2 heterocycles. The SMILES string of the molecule is CC1CCc2c(sc3nc(/C(C#N)=C\c4ccc(OC(F)F)cc4)[nH]c(=O)c23)C1. The molecule has 2 aromatic heterocycles. The van der Waals surface area contributed by atoms with E-state index in [2.05, 4.69) is 27.7 Å². The van der Waals surface area contributed by atoms with E-state index in [0.29, 0.717) is 21.7 Å². The third kappa shape index (κ3) is 3.91. The van der Waals surface area contributed by atoms with Gasteiger partial charge in [0.2, 0.25) is 0 Å². The molecule has 0 amide bonds. The van der Waals surface area contributed by atoms with Crippen molar-refractivity contribution in [3.63, 3.8) is 0 Å². The lowest BCUT2D eigenvalue weighted by molar-refractivity contribution is -0.0498. The number of thiophene rings is 1. The van der Waals surface area contributed by atoms with Crippen molar-refractivity contribution >= 4 is 33.2 Å². The Labute approximate surface area is 169 Å². The number of rotatable bonds is 4. The molecule has 0 spiro atoms. The monoisotopic (exact) mass is 413 g/mol. The second-order valence-electron chi connectivity index (χ2n) is 7.06. The molecule has 0 fully saturated rings. The van der Waals surface area contributed by atoms with Crippen LogP contribution in [0.4, 0.5) is 8.78 Å². The summed E-state index contributed by atoms with van der Waals surface area (Å²) in [7, 11) is 0. The van der Waals surface area contributed by atoms with Crippen LogP contribution < -0.4 is 10.3 Å². The first-order chi connectivity index (χ1) is 13.9. The number of benzene rings is 1. The quantitative estimate of drug-likeness (QED) is 0.625. The number of nitrogens with zero attached hydrogens (tertiary/aromatic N) is 2. The van der Waals surface area contributed by atoms with Gasteiger partial charge in [0.05, 0.1) is 11.0 Å². The first kappa shape index (κ1) is 19.3. The Morgan fingerprint density at radius 3 is 2.86 bits per heavy atom. The van der Waals surface area contributed by atoms with Crippen molar-refractivity contribution < 1.29 is 13.5 Å². The summed E-state index contributed by atoms with van der Waals surface area (Å²) in [6, 6.07) is 7.94. The van der Waals surface area contributed by atoms with Crippen LogP contribution in [0.25, 0.3) is 21.9 Å². The smallest absolute Gasteiger partial charge is 0.387 e. The topological polar surface area (TPSA) is 78.8 Å². The number of nitriles is 1. The molecule has 4 rings (SSSR count). The largest absolute Gasteiger partial charge is 0.435 e. The van der Waals surface area contributed by atoms with Crippen molar-refractivity contribution in [2.75, 3.05) is 0 Å². The standard InChI is InChI=1S/C21H17F2N3O2S/c1-11-2-7-15-16(8-11)29-20-17(15)19(27)25-18(26-20)13(10-24)9-12-3-5-14(6-4-12)28-21(22)23/h3-6,9,11,21H,2,7-8H2,1H3,(H,25,26,27)/b13-9-. The van der Waals surface area contributed by atoms with Crippen molar-refractivity contribution in [1.82, 2.24) is 9.97 Å². The first-order valence-electron chi connectivity index (χ1n) is 9.16. The fourth-order valence-corrected chi connectivity index (χ4v) is 4.93. The summed E-state index contributed by atoms with van der Waals surface area (Å²) in [5.41, 5.74) is 1.64. The van der Waals surface area contributed by atoms with Crippen LogP contribution in [0.2, 0.25) is 0 Å². The van der Waals surface area contributed by atoms with Gasteiger partial charge in [0.25, 0.3) is 5.56 Å². The van der Waals surface area contributed by atoms with Gasteiger partial charge in [0, 0.05) is 4.88 Å². The second kappa shape index (κ2) is 7.76. The number of hydrogen-bond acceptors (Lipinski definition) is 5. The molecule has 1 aliphatic carbocycles. The highest BCUT2D eigenvalue weighted by Crippen LogP contribution is 2.36. The third-order valence-corrected chi connectivity index (χ3v) is 6.11. The third-order valence-electron chi connectivity index (χ3n) is 4.96. The summed E-state index contributed by atoms with van der Waals surface area (Å²) in [4.78, 5) is 21.8. The Morgan fingerprint density at radius 2 is 2.17 bits per heavy atom. The lowest BCUT2D eigenvalue weighted by Crippen LogP contribution is -2.14. The zero-order chi connectivity index (χ0) is 20.5. The van der Waals surface area contributed by atoms with Crippen LogP contribution in [0.1, 0.15) is 35.2 Å². The molecular formula is C21H17F2N3O2S. The number of aromatic amines is 1. The highest BCUT2D eigenvalue weighted by Gasteiger charge is 2.23. The lowest BCUT2D eigenvalue weighted by atomic mass is 9.89. The van der Waals surface area contributed by atoms with Gasteiger partial charge < -0.3 is 9.72 Å². The molecule has 1 aliphatic rings. The number of hydrogen-bond donors (Lipinski definition) is 1. The van der Waals surface area contributed by atoms with E-state index in [1.807, 2.05) is 0 Å². The summed E-state index contributed by atoms with van der Waals surface area (Å²) in [5, 5.41) is 10.2. The molecule has 5 nitrogen and oxygen atoms in total. The summed E-state index contributed by atoms with van der Waals surface area (Å²) in [5.74, 6) is 0.812. The number of alkyl halides is 2. The molecule has 0 aliphatic heterocycles. The number of nitrogens with one attached hydrogen (secondary N) is 1. The van der Waals surface area contributed by atoms with Crippen LogP contribution >= 0.6 is 11.3 Å². The average Bonchev–Trinajstić information content (AvgIpc) is 3.04. The van der Waals surface area contributed by atoms with Crippen LogP contribution in [-0.2, 0) is 12.8 Å². The van der Waals surface area contributed by atoms with Gasteiger partial charge in [-0.1, -0.05) is 19.1 Å². The Bertz CT molecular complexity index is 1190. The van der Waals surface area contributed by atoms with Crippen LogP contribution in [0.3, 0.4) is 0 Å². The van der Waals surface area contributed by atoms with Gasteiger partial charge in [-0.2, -0.15) is 14.0 Å². The molecule has 0 bridgehead atoms. The zero-order valence-electron chi connectivity index (χ0n) is 15.5. The summed E-state index contributed by atoms with van der Waals surface area (Å²) in [6.45, 7) is -0.698. The number of aromatic nitrogens is 2. The minimum atomic E-state index is -2.90. The van der Waals surface area contributed by atoms with Crippen LogP contribution in [0.15, 0.2) is 29.1 Å². The average molecular weight is 413 g/mol. The molecule has 0 saturated heterocycles. The maximum atomic E-state index is 12.7. The number of fused-ring (bicyclic) bond motifs is 3. The minimum Gasteiger partial charge on any atom is -0.435 e. The number of ether oxygens (including phenoxy) is 1. The second-order valence-corrected chi connectivity index (χ2v) is 8.15. The van der Waals surface area contributed by atoms with E-state index in [-0.39, 0.29) is 22.7 Å². The van der Waals surface area contributed by atoms with Crippen molar-refractivity contribution in [3.05, 3.63) is 56.4 Å². The van der Waals surface area contributed by atoms with Gasteiger partial charge in [0.15, 0.2) is 5.82 Å². The van der Waals surface area contributed by atoms with Gasteiger partial charge in [0.1, 0.15) is 16.6 Å². The highest BCUT2D eigenvalue weighted by atomic mass is 32.1. The molecule has 3 aromatic rings. The minimum absolute atomic E-state index is 0.0296. The van der Waals surface area contributed by atoms with Gasteiger partial charge in [-0.15, -0.1) is 11.3 Å². The maximum Gasteiger partial charge on any atom is 0.387 e. The molecule has 1 atom stereocenters. The number of H-pyrrole nitrogens is 1. The van der Waals surface area contributed by atoms with E-state index < -0.39 is 6.61 Å². The molecule has 1 aromatic carbocycles. The number of allylic oxidation sites excluding steroid dienone is 1. The summed E-state index contributed by atoms with van der Waals surface area (Å²) < 4.78 is 28.8.